The fraction of sp³-hybridized carbons (Fsp3) is 0.375. The molecule has 0 radical (unpaired) electrons. The predicted molar refractivity (Wildman–Crippen MR) is 47.4 cm³/mol. The van der Waals surface area contributed by atoms with Crippen LogP contribution in [-0.4, -0.2) is 15.7 Å². The smallest absolute Gasteiger partial charge is 0.0921 e. The molecule has 1 unspecified atom stereocenters. The summed E-state index contributed by atoms with van der Waals surface area (Å²) < 4.78 is 0. The minimum atomic E-state index is 0.709. The molecule has 2 heterocycles. The van der Waals surface area contributed by atoms with Gasteiger partial charge in [0.05, 0.1) is 6.33 Å². The standard InChI is InChI=1S/C8H10N2S/c1-2-11-5-7(1)3-8-4-9-6-10-8/h1-2,4,6-7H,3,5H2,(H,9,10). The maximum atomic E-state index is 3.98. The molecule has 0 aliphatic carbocycles. The van der Waals surface area contributed by atoms with Crippen molar-refractivity contribution in [1.82, 2.24) is 9.97 Å². The summed E-state index contributed by atoms with van der Waals surface area (Å²) >= 11 is 1.89. The first kappa shape index (κ1) is 6.98. The lowest BCUT2D eigenvalue weighted by atomic mass is 10.1. The van der Waals surface area contributed by atoms with Crippen LogP contribution in [0.1, 0.15) is 5.69 Å². The zero-order valence-electron chi connectivity index (χ0n) is 6.16. The Hall–Kier alpha value is -0.700. The molecule has 0 amide bonds. The van der Waals surface area contributed by atoms with Crippen molar-refractivity contribution in [2.24, 2.45) is 5.92 Å². The molecule has 1 N–H and O–H groups in total. The molecule has 2 nitrogen and oxygen atoms in total. The number of aromatic amines is 1. The van der Waals surface area contributed by atoms with Crippen LogP contribution in [0.2, 0.25) is 0 Å². The summed E-state index contributed by atoms with van der Waals surface area (Å²) in [6.07, 6.45) is 7.01. The Morgan fingerprint density at radius 2 is 2.73 bits per heavy atom. The van der Waals surface area contributed by atoms with Gasteiger partial charge >= 0.3 is 0 Å². The van der Waals surface area contributed by atoms with Crippen LogP contribution < -0.4 is 0 Å². The third-order valence-corrected chi connectivity index (χ3v) is 2.76. The highest BCUT2D eigenvalue weighted by Gasteiger charge is 2.10. The van der Waals surface area contributed by atoms with E-state index in [4.69, 9.17) is 0 Å². The molecule has 0 saturated carbocycles. The third-order valence-electron chi connectivity index (χ3n) is 1.79. The van der Waals surface area contributed by atoms with E-state index in [1.165, 1.54) is 11.4 Å². The second-order valence-electron chi connectivity index (χ2n) is 2.70. The van der Waals surface area contributed by atoms with E-state index in [-0.39, 0.29) is 0 Å². The van der Waals surface area contributed by atoms with E-state index >= 15 is 0 Å². The van der Waals surface area contributed by atoms with Gasteiger partial charge in [-0.05, 0) is 17.7 Å². The fourth-order valence-electron chi connectivity index (χ4n) is 1.21. The molecule has 0 saturated heterocycles. The number of rotatable bonds is 2. The molecule has 0 aromatic carbocycles. The van der Waals surface area contributed by atoms with Gasteiger partial charge in [-0.25, -0.2) is 4.98 Å². The van der Waals surface area contributed by atoms with Crippen LogP contribution in [0.25, 0.3) is 0 Å². The van der Waals surface area contributed by atoms with Crippen LogP contribution in [0.15, 0.2) is 24.0 Å². The lowest BCUT2D eigenvalue weighted by Gasteiger charge is -2.02. The maximum Gasteiger partial charge on any atom is 0.0921 e. The fourth-order valence-corrected chi connectivity index (χ4v) is 2.13. The zero-order chi connectivity index (χ0) is 7.52. The van der Waals surface area contributed by atoms with Crippen LogP contribution in [0, 0.1) is 5.92 Å². The predicted octanol–water partition coefficient (Wildman–Crippen LogP) is 1.83. The van der Waals surface area contributed by atoms with E-state index in [2.05, 4.69) is 21.5 Å². The minimum absolute atomic E-state index is 0.709. The van der Waals surface area contributed by atoms with Crippen molar-refractivity contribution < 1.29 is 0 Å². The van der Waals surface area contributed by atoms with Gasteiger partial charge in [-0.15, -0.1) is 11.8 Å². The molecule has 58 valence electrons. The van der Waals surface area contributed by atoms with Gasteiger partial charge in [-0.1, -0.05) is 6.08 Å². The van der Waals surface area contributed by atoms with Crippen molar-refractivity contribution in [2.45, 2.75) is 6.42 Å². The van der Waals surface area contributed by atoms with Crippen molar-refractivity contribution in [2.75, 3.05) is 5.75 Å². The van der Waals surface area contributed by atoms with Crippen LogP contribution >= 0.6 is 11.8 Å². The summed E-state index contributed by atoms with van der Waals surface area (Å²) in [7, 11) is 0. The van der Waals surface area contributed by atoms with E-state index in [0.29, 0.717) is 5.92 Å². The summed E-state index contributed by atoms with van der Waals surface area (Å²) in [5, 5.41) is 2.18. The quantitative estimate of drug-likeness (QED) is 0.726. The number of nitrogens with one attached hydrogen (secondary N) is 1. The molecule has 0 bridgehead atoms. The Morgan fingerprint density at radius 3 is 3.36 bits per heavy atom. The van der Waals surface area contributed by atoms with Gasteiger partial charge in [-0.2, -0.15) is 0 Å². The van der Waals surface area contributed by atoms with Crippen molar-refractivity contribution in [3.63, 3.8) is 0 Å². The van der Waals surface area contributed by atoms with Crippen LogP contribution in [-0.2, 0) is 6.42 Å². The molecule has 0 spiro atoms. The average molecular weight is 166 g/mol. The van der Waals surface area contributed by atoms with Gasteiger partial charge in [0.1, 0.15) is 0 Å². The summed E-state index contributed by atoms with van der Waals surface area (Å²) in [6, 6.07) is 0. The zero-order valence-corrected chi connectivity index (χ0v) is 6.97. The first-order valence-electron chi connectivity index (χ1n) is 3.70. The molecule has 2 rings (SSSR count). The summed E-state index contributed by atoms with van der Waals surface area (Å²) in [5.74, 6) is 1.93. The minimum Gasteiger partial charge on any atom is -0.348 e. The van der Waals surface area contributed by atoms with Crippen molar-refractivity contribution >= 4 is 11.8 Å². The lowest BCUT2D eigenvalue weighted by molar-refractivity contribution is 0.730. The van der Waals surface area contributed by atoms with Gasteiger partial charge < -0.3 is 4.98 Å². The molecule has 1 aliphatic heterocycles. The summed E-state index contributed by atoms with van der Waals surface area (Å²) in [4.78, 5) is 7.09. The number of allylic oxidation sites excluding steroid dienone is 1. The molecule has 1 aromatic heterocycles. The van der Waals surface area contributed by atoms with Crippen molar-refractivity contribution in [3.8, 4) is 0 Å². The second-order valence-corrected chi connectivity index (χ2v) is 3.64. The number of imidazole rings is 1. The molecule has 3 heteroatoms. The van der Waals surface area contributed by atoms with Crippen molar-refractivity contribution in [3.05, 3.63) is 29.7 Å². The van der Waals surface area contributed by atoms with Crippen LogP contribution in [0.5, 0.6) is 0 Å². The molecular formula is C8H10N2S. The van der Waals surface area contributed by atoms with E-state index in [9.17, 15) is 0 Å². The molecule has 1 atom stereocenters. The van der Waals surface area contributed by atoms with E-state index in [1.807, 2.05) is 18.0 Å². The molecule has 1 aromatic rings. The summed E-state index contributed by atoms with van der Waals surface area (Å²) in [5.41, 5.74) is 1.24. The number of hydrogen-bond acceptors (Lipinski definition) is 2. The number of aromatic nitrogens is 2. The van der Waals surface area contributed by atoms with Gasteiger partial charge in [0.2, 0.25) is 0 Å². The Bertz CT molecular complexity index is 241. The first-order valence-corrected chi connectivity index (χ1v) is 4.75. The van der Waals surface area contributed by atoms with Crippen LogP contribution in [0.4, 0.5) is 0 Å². The highest BCUT2D eigenvalue weighted by Crippen LogP contribution is 2.22. The Morgan fingerprint density at radius 1 is 1.73 bits per heavy atom. The SMILES string of the molecule is C1=CC(Cc2cnc[nH]2)CS1. The van der Waals surface area contributed by atoms with Gasteiger partial charge in [-0.3, -0.25) is 0 Å². The van der Waals surface area contributed by atoms with Gasteiger partial charge in [0, 0.05) is 17.6 Å². The Labute approximate surface area is 70.1 Å². The van der Waals surface area contributed by atoms with E-state index < -0.39 is 0 Å². The van der Waals surface area contributed by atoms with Crippen molar-refractivity contribution in [1.29, 1.82) is 0 Å². The van der Waals surface area contributed by atoms with Gasteiger partial charge in [0.25, 0.3) is 0 Å². The molecular weight excluding hydrogens is 156 g/mol. The van der Waals surface area contributed by atoms with E-state index in [1.54, 1.807) is 6.33 Å². The molecule has 11 heavy (non-hydrogen) atoms. The van der Waals surface area contributed by atoms with Crippen LogP contribution in [0.3, 0.4) is 0 Å². The number of hydrogen-bond donors (Lipinski definition) is 1. The van der Waals surface area contributed by atoms with Gasteiger partial charge in [0.15, 0.2) is 0 Å². The first-order chi connectivity index (χ1) is 5.45. The Kier molecular flexibility index (Phi) is 1.99. The largest absolute Gasteiger partial charge is 0.348 e. The third kappa shape index (κ3) is 1.66. The lowest BCUT2D eigenvalue weighted by Crippen LogP contribution is -2.00. The van der Waals surface area contributed by atoms with E-state index in [0.717, 1.165) is 6.42 Å². The number of H-pyrrole nitrogens is 1. The number of nitrogens with zero attached hydrogens (tertiary/aromatic N) is 1. The monoisotopic (exact) mass is 166 g/mol. The topological polar surface area (TPSA) is 28.7 Å². The maximum absolute atomic E-state index is 3.98. The second kappa shape index (κ2) is 3.13. The highest BCUT2D eigenvalue weighted by molar-refractivity contribution is 8.02. The average Bonchev–Trinajstić information content (AvgIpc) is 2.60. The normalized spacial score (nSPS) is 22.7. The molecule has 1 aliphatic rings. The summed E-state index contributed by atoms with van der Waals surface area (Å²) in [6.45, 7) is 0. The molecule has 0 fully saturated rings. The number of thioether (sulfide) groups is 1. The Balaban J connectivity index is 1.95. The highest BCUT2D eigenvalue weighted by atomic mass is 32.2.